The summed E-state index contributed by atoms with van der Waals surface area (Å²) in [6.07, 6.45) is 11.5. The van der Waals surface area contributed by atoms with E-state index in [0.717, 1.165) is 56.7 Å². The highest BCUT2D eigenvalue weighted by atomic mass is 32.2. The molecule has 2 amide bonds. The summed E-state index contributed by atoms with van der Waals surface area (Å²) in [5.41, 5.74) is 4.44. The van der Waals surface area contributed by atoms with Gasteiger partial charge in [-0.3, -0.25) is 14.3 Å². The summed E-state index contributed by atoms with van der Waals surface area (Å²) in [4.78, 5) is 29.5. The maximum absolute atomic E-state index is 14.4. The van der Waals surface area contributed by atoms with Crippen molar-refractivity contribution in [2.75, 3.05) is 37.5 Å². The molecule has 2 aliphatic carbocycles. The zero-order valence-electron chi connectivity index (χ0n) is 29.2. The van der Waals surface area contributed by atoms with E-state index in [1.54, 1.807) is 25.3 Å². The summed E-state index contributed by atoms with van der Waals surface area (Å²) < 4.78 is 60.3. The highest BCUT2D eigenvalue weighted by Gasteiger charge is 2.44. The number of anilines is 1. The lowest BCUT2D eigenvalue weighted by molar-refractivity contribution is 0.0131. The topological polar surface area (TPSA) is 115 Å². The second-order valence-electron chi connectivity index (χ2n) is 14.7. The molecule has 2 aromatic carbocycles. The van der Waals surface area contributed by atoms with Crippen molar-refractivity contribution in [1.29, 1.82) is 0 Å². The number of hydrogen-bond donors (Lipinski definition) is 1. The van der Waals surface area contributed by atoms with E-state index in [0.29, 0.717) is 41.8 Å². The second-order valence-corrected chi connectivity index (χ2v) is 16.7. The number of nitrogens with one attached hydrogen (secondary N) is 1. The van der Waals surface area contributed by atoms with Gasteiger partial charge in [-0.25, -0.2) is 8.89 Å². The van der Waals surface area contributed by atoms with E-state index < -0.39 is 28.3 Å². The molecule has 3 heterocycles. The average Bonchev–Trinajstić information content (AvgIpc) is 3.53. The number of methoxy groups -OCH3 is 1. The van der Waals surface area contributed by atoms with Gasteiger partial charge in [0.2, 0.25) is 0 Å². The Labute approximate surface area is 297 Å². The monoisotopic (exact) mass is 721 g/mol. The number of allylic oxidation sites excluding steroid dienone is 1. The van der Waals surface area contributed by atoms with Crippen molar-refractivity contribution in [2.24, 2.45) is 22.1 Å². The van der Waals surface area contributed by atoms with Crippen LogP contribution in [-0.4, -0.2) is 64.5 Å². The molecule has 2 bridgehead atoms. The fraction of sp³-hybridized carbons (Fsp3) is 0.500. The molecule has 6 atom stereocenters. The molecule has 7 rings (SSSR count). The first-order valence-corrected chi connectivity index (χ1v) is 19.4. The molecule has 1 spiro atoms. The Morgan fingerprint density at radius 1 is 1.20 bits per heavy atom. The Kier molecular flexibility index (Phi) is 9.79. The van der Waals surface area contributed by atoms with Gasteiger partial charge >= 0.3 is 6.55 Å². The number of carbonyl (C=O) groups excluding carboxylic acids is 2. The number of amides is 2. The van der Waals surface area contributed by atoms with Gasteiger partial charge in [0.1, 0.15) is 15.7 Å². The smallest absolute Gasteiger partial charge is 0.333 e. The van der Waals surface area contributed by atoms with Crippen LogP contribution in [0.15, 0.2) is 65.3 Å². The van der Waals surface area contributed by atoms with Crippen LogP contribution in [0.5, 0.6) is 5.75 Å². The standard InChI is InChI=1S/C38H45F2N5O5S/c1-24-9-13-31-26(16-24)7-5-15-38(31)22-44-19-28-10-12-30(28)33(49-3)8-4-6-25(2)21-51(48,43-36(47)29-18-41-45(20-29)37(39)40)42-35(46)27-11-14-34(50-23-38)32(44)17-27/h4,8-9,11,13-14,16-18,20,25,28,30,33,37H,5-7,10,12,15,19,21-23H2,1-3H3,(H,42,43,46,47,48)/b8-4+/t25-,28-,30+,33-,38-,51?/m0/s1. The van der Waals surface area contributed by atoms with Gasteiger partial charge < -0.3 is 14.4 Å². The molecule has 10 nitrogen and oxygen atoms in total. The Hall–Kier alpha value is -4.10. The number of carbonyl (C=O) groups is 2. The van der Waals surface area contributed by atoms with Gasteiger partial charge in [0.15, 0.2) is 0 Å². The number of halogens is 2. The normalized spacial score (nSPS) is 29.9. The van der Waals surface area contributed by atoms with Gasteiger partial charge in [0.05, 0.1) is 35.9 Å². The van der Waals surface area contributed by atoms with Crippen LogP contribution in [0.1, 0.15) is 83.0 Å². The Morgan fingerprint density at radius 3 is 2.78 bits per heavy atom. The van der Waals surface area contributed by atoms with Crippen LogP contribution in [0.4, 0.5) is 14.5 Å². The molecule has 1 N–H and O–H groups in total. The van der Waals surface area contributed by atoms with Crippen molar-refractivity contribution in [1.82, 2.24) is 14.5 Å². The number of ether oxygens (including phenoxy) is 2. The third-order valence-corrected chi connectivity index (χ3v) is 13.0. The van der Waals surface area contributed by atoms with Gasteiger partial charge in [-0.1, -0.05) is 42.8 Å². The second kappa shape index (κ2) is 14.1. The lowest BCUT2D eigenvalue weighted by Gasteiger charge is -2.46. The summed E-state index contributed by atoms with van der Waals surface area (Å²) in [5.74, 6) is -0.722. The molecule has 0 radical (unpaired) electrons. The number of alkyl halides is 2. The lowest BCUT2D eigenvalue weighted by atomic mass is 9.68. The zero-order chi connectivity index (χ0) is 35.9. The van der Waals surface area contributed by atoms with Gasteiger partial charge in [0.25, 0.3) is 11.8 Å². The predicted octanol–water partition coefficient (Wildman–Crippen LogP) is 6.65. The Morgan fingerprint density at radius 2 is 2.04 bits per heavy atom. The van der Waals surface area contributed by atoms with Gasteiger partial charge in [-0.15, -0.1) is 4.36 Å². The van der Waals surface area contributed by atoms with E-state index in [-0.39, 0.29) is 34.3 Å². The van der Waals surface area contributed by atoms with E-state index >= 15 is 0 Å². The Balaban J connectivity index is 1.29. The fourth-order valence-electron chi connectivity index (χ4n) is 8.29. The minimum atomic E-state index is -3.71. The van der Waals surface area contributed by atoms with Crippen molar-refractivity contribution in [2.45, 2.75) is 70.4 Å². The first kappa shape index (κ1) is 35.3. The molecule has 1 saturated carbocycles. The number of aromatic nitrogens is 2. The maximum atomic E-state index is 14.4. The molecule has 1 fully saturated rings. The zero-order valence-corrected chi connectivity index (χ0v) is 30.0. The van der Waals surface area contributed by atoms with Crippen LogP contribution in [0, 0.1) is 24.7 Å². The van der Waals surface area contributed by atoms with Gasteiger partial charge in [-0.2, -0.15) is 13.9 Å². The minimum absolute atomic E-state index is 0.105. The third kappa shape index (κ3) is 7.19. The number of nitrogens with zero attached hydrogens (tertiary/aromatic N) is 4. The molecule has 2 aliphatic heterocycles. The summed E-state index contributed by atoms with van der Waals surface area (Å²) >= 11 is 0. The molecule has 1 unspecified atom stereocenters. The largest absolute Gasteiger partial charge is 0.490 e. The lowest BCUT2D eigenvalue weighted by Crippen LogP contribution is -2.49. The number of benzene rings is 2. The Bertz CT molecular complexity index is 1970. The molecule has 0 saturated heterocycles. The molecule has 3 aromatic rings. The summed E-state index contributed by atoms with van der Waals surface area (Å²) in [6.45, 7) is 3.00. The van der Waals surface area contributed by atoms with Gasteiger partial charge in [0, 0.05) is 37.4 Å². The summed E-state index contributed by atoms with van der Waals surface area (Å²) in [7, 11) is -1.98. The van der Waals surface area contributed by atoms with E-state index in [2.05, 4.69) is 50.3 Å². The van der Waals surface area contributed by atoms with Crippen molar-refractivity contribution >= 4 is 27.4 Å². The first-order valence-electron chi connectivity index (χ1n) is 17.7. The quantitative estimate of drug-likeness (QED) is 0.300. The van der Waals surface area contributed by atoms with Crippen LogP contribution >= 0.6 is 0 Å². The number of rotatable bonds is 4. The molecule has 51 heavy (non-hydrogen) atoms. The fourth-order valence-corrected chi connectivity index (χ4v) is 10.2. The highest BCUT2D eigenvalue weighted by molar-refractivity contribution is 7.92. The molecule has 13 heteroatoms. The van der Waals surface area contributed by atoms with Crippen molar-refractivity contribution in [3.05, 3.63) is 88.8 Å². The molecule has 1 aromatic heterocycles. The first-order chi connectivity index (χ1) is 24.5. The minimum Gasteiger partial charge on any atom is -0.490 e. The van der Waals surface area contributed by atoms with E-state index in [4.69, 9.17) is 9.47 Å². The molecular weight excluding hydrogens is 677 g/mol. The number of hydrogen-bond acceptors (Lipinski definition) is 7. The van der Waals surface area contributed by atoms with Crippen molar-refractivity contribution in [3.63, 3.8) is 0 Å². The van der Waals surface area contributed by atoms with E-state index in [1.165, 1.54) is 16.7 Å². The van der Waals surface area contributed by atoms with Crippen LogP contribution in [0.3, 0.4) is 0 Å². The summed E-state index contributed by atoms with van der Waals surface area (Å²) in [6, 6.07) is 11.9. The molecule has 272 valence electrons. The van der Waals surface area contributed by atoms with E-state index in [1.807, 2.05) is 13.0 Å². The van der Waals surface area contributed by atoms with Crippen molar-refractivity contribution in [3.8, 4) is 5.75 Å². The summed E-state index contributed by atoms with van der Waals surface area (Å²) in [5, 5.41) is 3.51. The predicted molar refractivity (Wildman–Crippen MR) is 191 cm³/mol. The van der Waals surface area contributed by atoms with Crippen LogP contribution in [-0.2, 0) is 26.5 Å². The van der Waals surface area contributed by atoms with Crippen LogP contribution < -0.4 is 14.4 Å². The van der Waals surface area contributed by atoms with Crippen LogP contribution in [0.25, 0.3) is 0 Å². The van der Waals surface area contributed by atoms with Crippen LogP contribution in [0.2, 0.25) is 0 Å². The SMILES string of the molecule is CO[C@H]1/C=C/C[C@H](C)CS(=O)(NC(=O)c2cnn(C(F)F)c2)=NC(=O)c2ccc3c(c2)N(C[C@@H]2CC[C@H]21)C[C@@]1(CCCc2cc(C)ccc21)CO3. The highest BCUT2D eigenvalue weighted by Crippen LogP contribution is 2.47. The molecular formula is C38H45F2N5O5S. The third-order valence-electron chi connectivity index (χ3n) is 11.0. The number of aryl methyl sites for hydroxylation is 2. The van der Waals surface area contributed by atoms with Crippen molar-refractivity contribution < 1.29 is 32.1 Å². The molecule has 4 aliphatic rings. The maximum Gasteiger partial charge on any atom is 0.333 e. The van der Waals surface area contributed by atoms with Gasteiger partial charge in [-0.05, 0) is 92.5 Å². The number of fused-ring (bicyclic) bond motifs is 4. The average molecular weight is 722 g/mol. The van der Waals surface area contributed by atoms with E-state index in [9.17, 15) is 22.6 Å².